The number of carbonyl (C=O) groups is 2. The number of thioether (sulfide) groups is 1. The van der Waals surface area contributed by atoms with Crippen LogP contribution < -0.4 is 5.32 Å². The van der Waals surface area contributed by atoms with Gasteiger partial charge in [0.25, 0.3) is 0 Å². The van der Waals surface area contributed by atoms with Gasteiger partial charge in [-0.3, -0.25) is 9.59 Å². The van der Waals surface area contributed by atoms with Crippen LogP contribution in [0.5, 0.6) is 0 Å². The summed E-state index contributed by atoms with van der Waals surface area (Å²) in [6.45, 7) is 1.50. The summed E-state index contributed by atoms with van der Waals surface area (Å²) in [5, 5.41) is 15.2. The van der Waals surface area contributed by atoms with E-state index in [2.05, 4.69) is 20.8 Å². The van der Waals surface area contributed by atoms with Gasteiger partial charge in [-0.05, 0) is 52.1 Å². The third-order valence-electron chi connectivity index (χ3n) is 4.85. The van der Waals surface area contributed by atoms with E-state index in [0.717, 1.165) is 16.8 Å². The summed E-state index contributed by atoms with van der Waals surface area (Å²) in [5.41, 5.74) is 3.35. The fraction of sp³-hybridized carbons (Fsp3) is 0.190. The lowest BCUT2D eigenvalue weighted by molar-refractivity contribution is -0.129. The Morgan fingerprint density at radius 1 is 1.17 bits per heavy atom. The second-order valence-electron chi connectivity index (χ2n) is 6.77. The van der Waals surface area contributed by atoms with Gasteiger partial charge in [0.1, 0.15) is 0 Å². The van der Waals surface area contributed by atoms with Gasteiger partial charge in [0.2, 0.25) is 17.0 Å². The molecule has 0 saturated heterocycles. The number of rotatable bonds is 5. The molecule has 0 fully saturated rings. The molecular weight excluding hydrogens is 400 g/mol. The molecule has 1 aliphatic rings. The molecule has 0 unspecified atom stereocenters. The van der Waals surface area contributed by atoms with E-state index in [9.17, 15) is 9.59 Å². The number of hydrogen-bond acceptors (Lipinski definition) is 6. The second-order valence-corrected chi connectivity index (χ2v) is 7.54. The van der Waals surface area contributed by atoms with Crippen molar-refractivity contribution in [2.45, 2.75) is 24.5 Å². The summed E-state index contributed by atoms with van der Waals surface area (Å²) in [4.78, 5) is 26.6. The number of benzene rings is 2. The second kappa shape index (κ2) is 8.50. The Hall–Kier alpha value is -3.46. The molecule has 1 N–H and O–H groups in total. The van der Waals surface area contributed by atoms with Crippen LogP contribution in [0.15, 0.2) is 59.9 Å². The van der Waals surface area contributed by atoms with Gasteiger partial charge in [-0.25, -0.2) is 0 Å². The highest BCUT2D eigenvalue weighted by Crippen LogP contribution is 2.33. The third kappa shape index (κ3) is 3.97. The van der Waals surface area contributed by atoms with Gasteiger partial charge in [-0.15, -0.1) is 5.10 Å². The minimum Gasteiger partial charge on any atom is -0.326 e. The van der Waals surface area contributed by atoms with E-state index in [4.69, 9.17) is 0 Å². The first-order chi connectivity index (χ1) is 14.6. The van der Waals surface area contributed by atoms with Crippen molar-refractivity contribution in [3.8, 4) is 5.69 Å². The Labute approximate surface area is 178 Å². The van der Waals surface area contributed by atoms with Crippen LogP contribution in [0.2, 0.25) is 0 Å². The minimum atomic E-state index is -0.352. The Morgan fingerprint density at radius 3 is 2.80 bits per heavy atom. The Bertz CT molecular complexity index is 1130. The number of nitrogens with one attached hydrogen (secondary N) is 1. The molecule has 2 amide bonds. The lowest BCUT2D eigenvalue weighted by Gasteiger charge is -2.32. The van der Waals surface area contributed by atoms with Crippen molar-refractivity contribution in [2.75, 3.05) is 11.6 Å². The lowest BCUT2D eigenvalue weighted by atomic mass is 9.93. The number of carbonyl (C=O) groups excluding carboxylic acids is 2. The molecule has 0 radical (unpaired) electrons. The molecule has 8 nitrogen and oxygen atoms in total. The van der Waals surface area contributed by atoms with Crippen molar-refractivity contribution in [1.82, 2.24) is 25.1 Å². The standard InChI is InChI=1S/C21H20N6O2S/c1-14(28)26-11-10-15-6-3-4-9-18(15)19(26)13-20(29)22-16-7-5-8-17(12-16)27-21(30-2)23-24-25-27/h3-12,19H,13H2,1-2H3,(H,22,29)/t19-/m0/s1. The van der Waals surface area contributed by atoms with Crippen LogP contribution in [0.25, 0.3) is 11.8 Å². The summed E-state index contributed by atoms with van der Waals surface area (Å²) in [7, 11) is 0. The fourth-order valence-electron chi connectivity index (χ4n) is 3.48. The molecule has 0 spiro atoms. The van der Waals surface area contributed by atoms with E-state index in [1.54, 1.807) is 15.8 Å². The topological polar surface area (TPSA) is 93.0 Å². The number of tetrazole rings is 1. The predicted molar refractivity (Wildman–Crippen MR) is 115 cm³/mol. The molecule has 1 aliphatic heterocycles. The number of amides is 2. The fourth-order valence-corrected chi connectivity index (χ4v) is 3.92. The number of aromatic nitrogens is 4. The number of hydrogen-bond donors (Lipinski definition) is 1. The Balaban J connectivity index is 1.54. The van der Waals surface area contributed by atoms with Gasteiger partial charge in [-0.1, -0.05) is 42.1 Å². The number of fused-ring (bicyclic) bond motifs is 1. The minimum absolute atomic E-state index is 0.108. The van der Waals surface area contributed by atoms with Gasteiger partial charge < -0.3 is 10.2 Å². The molecule has 3 aromatic rings. The van der Waals surface area contributed by atoms with E-state index in [1.165, 1.54) is 18.7 Å². The van der Waals surface area contributed by atoms with E-state index < -0.39 is 0 Å². The SMILES string of the molecule is CSc1nnnn1-c1cccc(NC(=O)C[C@H]2c3ccccc3C=CN2C(C)=O)c1. The first kappa shape index (κ1) is 19.8. The van der Waals surface area contributed by atoms with E-state index >= 15 is 0 Å². The first-order valence-corrected chi connectivity index (χ1v) is 10.6. The molecule has 2 heterocycles. The molecule has 0 saturated carbocycles. The summed E-state index contributed by atoms with van der Waals surface area (Å²) < 4.78 is 1.61. The molecule has 0 aliphatic carbocycles. The summed E-state index contributed by atoms with van der Waals surface area (Å²) in [6, 6.07) is 14.8. The molecule has 1 aromatic heterocycles. The smallest absolute Gasteiger partial charge is 0.226 e. The van der Waals surface area contributed by atoms with E-state index in [0.29, 0.717) is 10.8 Å². The zero-order valence-corrected chi connectivity index (χ0v) is 17.3. The molecule has 2 aromatic carbocycles. The zero-order chi connectivity index (χ0) is 21.1. The maximum absolute atomic E-state index is 12.9. The largest absolute Gasteiger partial charge is 0.326 e. The van der Waals surface area contributed by atoms with Crippen molar-refractivity contribution < 1.29 is 9.59 Å². The average Bonchev–Trinajstić information content (AvgIpc) is 3.23. The van der Waals surface area contributed by atoms with Crippen molar-refractivity contribution >= 4 is 35.3 Å². The van der Waals surface area contributed by atoms with Crippen LogP contribution in [-0.2, 0) is 9.59 Å². The Kier molecular flexibility index (Phi) is 5.62. The van der Waals surface area contributed by atoms with Crippen LogP contribution >= 0.6 is 11.8 Å². The normalized spacial score (nSPS) is 15.0. The van der Waals surface area contributed by atoms with Crippen molar-refractivity contribution in [3.63, 3.8) is 0 Å². The van der Waals surface area contributed by atoms with Crippen LogP contribution in [-0.4, -0.2) is 43.2 Å². The summed E-state index contributed by atoms with van der Waals surface area (Å²) >= 11 is 1.43. The highest BCUT2D eigenvalue weighted by Gasteiger charge is 2.28. The Morgan fingerprint density at radius 2 is 2.00 bits per heavy atom. The van der Waals surface area contributed by atoms with Crippen LogP contribution in [0.4, 0.5) is 5.69 Å². The third-order valence-corrected chi connectivity index (χ3v) is 5.47. The molecule has 152 valence electrons. The molecule has 30 heavy (non-hydrogen) atoms. The van der Waals surface area contributed by atoms with Gasteiger partial charge in [0.05, 0.1) is 18.2 Å². The first-order valence-electron chi connectivity index (χ1n) is 9.35. The molecule has 0 bridgehead atoms. The van der Waals surface area contributed by atoms with Gasteiger partial charge in [0, 0.05) is 18.8 Å². The zero-order valence-electron chi connectivity index (χ0n) is 16.5. The summed E-state index contributed by atoms with van der Waals surface area (Å²) in [5.74, 6) is -0.292. The van der Waals surface area contributed by atoms with E-state index in [-0.39, 0.29) is 24.3 Å². The number of nitrogens with zero attached hydrogens (tertiary/aromatic N) is 5. The maximum Gasteiger partial charge on any atom is 0.226 e. The predicted octanol–water partition coefficient (Wildman–Crippen LogP) is 3.29. The van der Waals surface area contributed by atoms with Crippen molar-refractivity contribution in [3.05, 3.63) is 65.9 Å². The van der Waals surface area contributed by atoms with Gasteiger partial charge in [0.15, 0.2) is 0 Å². The number of anilines is 1. The highest BCUT2D eigenvalue weighted by molar-refractivity contribution is 7.98. The van der Waals surface area contributed by atoms with Crippen molar-refractivity contribution in [2.24, 2.45) is 0 Å². The van der Waals surface area contributed by atoms with E-state index in [1.807, 2.05) is 60.9 Å². The van der Waals surface area contributed by atoms with Crippen LogP contribution in [0, 0.1) is 0 Å². The van der Waals surface area contributed by atoms with Crippen molar-refractivity contribution in [1.29, 1.82) is 0 Å². The molecule has 9 heteroatoms. The van der Waals surface area contributed by atoms with Crippen LogP contribution in [0.3, 0.4) is 0 Å². The average molecular weight is 420 g/mol. The molecule has 4 rings (SSSR count). The lowest BCUT2D eigenvalue weighted by Crippen LogP contribution is -2.33. The quantitative estimate of drug-likeness (QED) is 0.637. The monoisotopic (exact) mass is 420 g/mol. The molecule has 1 atom stereocenters. The highest BCUT2D eigenvalue weighted by atomic mass is 32.2. The summed E-state index contributed by atoms with van der Waals surface area (Å²) in [6.07, 6.45) is 5.67. The molecular formula is C21H20N6O2S. The van der Waals surface area contributed by atoms with Gasteiger partial charge in [-0.2, -0.15) is 4.68 Å². The van der Waals surface area contributed by atoms with Crippen LogP contribution in [0.1, 0.15) is 30.5 Å². The van der Waals surface area contributed by atoms with Gasteiger partial charge >= 0.3 is 0 Å². The maximum atomic E-state index is 12.9.